The first-order valence-electron chi connectivity index (χ1n) is 7.06. The summed E-state index contributed by atoms with van der Waals surface area (Å²) in [6, 6.07) is 10.3. The first-order valence-corrected chi connectivity index (χ1v) is 7.44. The number of halogens is 1. The number of benzene rings is 2. The number of hydrogen-bond donors (Lipinski definition) is 0. The molecule has 0 radical (unpaired) electrons. The van der Waals surface area contributed by atoms with Crippen LogP contribution in [-0.4, -0.2) is 26.3 Å². The largest absolute Gasteiger partial charge is 0.497 e. The summed E-state index contributed by atoms with van der Waals surface area (Å²) in [5, 5.41) is 0.439. The summed E-state index contributed by atoms with van der Waals surface area (Å²) < 4.78 is 21.4. The summed E-state index contributed by atoms with van der Waals surface area (Å²) in [7, 11) is 1.54. The Hall–Kier alpha value is -2.40. The molecule has 0 fully saturated rings. The van der Waals surface area contributed by atoms with Gasteiger partial charge >= 0.3 is 5.97 Å². The molecule has 6 heteroatoms. The minimum atomic E-state index is -0.435. The summed E-state index contributed by atoms with van der Waals surface area (Å²) in [6.45, 7) is 1.03. The molecule has 0 saturated heterocycles. The summed E-state index contributed by atoms with van der Waals surface area (Å²) in [6.07, 6.45) is 0. The molecule has 0 saturated carbocycles. The van der Waals surface area contributed by atoms with E-state index in [9.17, 15) is 4.79 Å². The Morgan fingerprint density at radius 3 is 2.87 bits per heavy atom. The van der Waals surface area contributed by atoms with Crippen LogP contribution >= 0.6 is 11.6 Å². The molecule has 0 bridgehead atoms. The Kier molecular flexibility index (Phi) is 4.57. The van der Waals surface area contributed by atoms with E-state index in [4.69, 9.17) is 30.5 Å². The van der Waals surface area contributed by atoms with Crippen LogP contribution < -0.4 is 14.2 Å². The van der Waals surface area contributed by atoms with E-state index in [2.05, 4.69) is 0 Å². The maximum absolute atomic E-state index is 12.1. The van der Waals surface area contributed by atoms with E-state index < -0.39 is 5.97 Å². The molecule has 2 aromatic rings. The van der Waals surface area contributed by atoms with E-state index in [0.717, 1.165) is 5.56 Å². The summed E-state index contributed by atoms with van der Waals surface area (Å²) in [5.74, 6) is 1.26. The summed E-state index contributed by atoms with van der Waals surface area (Å²) >= 11 is 6.16. The zero-order chi connectivity index (χ0) is 16.2. The lowest BCUT2D eigenvalue weighted by Gasteiger charge is -2.20. The molecule has 5 nitrogen and oxygen atoms in total. The van der Waals surface area contributed by atoms with Crippen LogP contribution in [-0.2, 0) is 11.3 Å². The second-order valence-corrected chi connectivity index (χ2v) is 5.32. The molecular formula is C17H15ClO5. The third-order valence-corrected chi connectivity index (χ3v) is 3.61. The van der Waals surface area contributed by atoms with Crippen LogP contribution in [0.4, 0.5) is 0 Å². The predicted octanol–water partition coefficient (Wildman–Crippen LogP) is 3.48. The van der Waals surface area contributed by atoms with Crippen LogP contribution in [0.1, 0.15) is 15.9 Å². The van der Waals surface area contributed by atoms with Gasteiger partial charge in [0.15, 0.2) is 11.5 Å². The zero-order valence-electron chi connectivity index (χ0n) is 12.5. The number of methoxy groups -OCH3 is 1. The quantitative estimate of drug-likeness (QED) is 0.801. The van der Waals surface area contributed by atoms with Gasteiger partial charge in [0.1, 0.15) is 25.6 Å². The highest BCUT2D eigenvalue weighted by Gasteiger charge is 2.17. The van der Waals surface area contributed by atoms with Crippen molar-refractivity contribution in [3.63, 3.8) is 0 Å². The van der Waals surface area contributed by atoms with Gasteiger partial charge in [-0.3, -0.25) is 0 Å². The standard InChI is InChI=1S/C17H15ClO5/c1-20-13-4-2-3-12(9-13)17(19)23-10-11-7-14(18)16-15(8-11)21-5-6-22-16/h2-4,7-9H,5-6,10H2,1H3. The van der Waals surface area contributed by atoms with Gasteiger partial charge in [-0.05, 0) is 35.9 Å². The third kappa shape index (κ3) is 3.51. The molecule has 0 amide bonds. The second kappa shape index (κ2) is 6.79. The van der Waals surface area contributed by atoms with Crippen LogP contribution in [0.15, 0.2) is 36.4 Å². The fraction of sp³-hybridized carbons (Fsp3) is 0.235. The van der Waals surface area contributed by atoms with Gasteiger partial charge in [-0.2, -0.15) is 0 Å². The van der Waals surface area contributed by atoms with Crippen molar-refractivity contribution in [3.05, 3.63) is 52.5 Å². The van der Waals surface area contributed by atoms with Gasteiger partial charge in [0.2, 0.25) is 0 Å². The molecular weight excluding hydrogens is 320 g/mol. The van der Waals surface area contributed by atoms with E-state index in [1.54, 1.807) is 43.5 Å². The number of hydrogen-bond acceptors (Lipinski definition) is 5. The monoisotopic (exact) mass is 334 g/mol. The average Bonchev–Trinajstić information content (AvgIpc) is 2.60. The van der Waals surface area contributed by atoms with Gasteiger partial charge in [0.25, 0.3) is 0 Å². The van der Waals surface area contributed by atoms with Crippen molar-refractivity contribution in [2.75, 3.05) is 20.3 Å². The highest BCUT2D eigenvalue weighted by molar-refractivity contribution is 6.32. The minimum Gasteiger partial charge on any atom is -0.497 e. The molecule has 23 heavy (non-hydrogen) atoms. The smallest absolute Gasteiger partial charge is 0.338 e. The van der Waals surface area contributed by atoms with E-state index in [1.165, 1.54) is 0 Å². The number of ether oxygens (including phenoxy) is 4. The van der Waals surface area contributed by atoms with Crippen molar-refractivity contribution < 1.29 is 23.7 Å². The number of rotatable bonds is 4. The maximum Gasteiger partial charge on any atom is 0.338 e. The van der Waals surface area contributed by atoms with Gasteiger partial charge in [-0.15, -0.1) is 0 Å². The molecule has 0 spiro atoms. The number of carbonyl (C=O) groups is 1. The van der Waals surface area contributed by atoms with Crippen LogP contribution in [0, 0.1) is 0 Å². The second-order valence-electron chi connectivity index (χ2n) is 4.91. The lowest BCUT2D eigenvalue weighted by molar-refractivity contribution is 0.0471. The van der Waals surface area contributed by atoms with Gasteiger partial charge in [-0.25, -0.2) is 4.79 Å². The molecule has 0 atom stereocenters. The highest BCUT2D eigenvalue weighted by atomic mass is 35.5. The lowest BCUT2D eigenvalue weighted by atomic mass is 10.2. The number of carbonyl (C=O) groups excluding carboxylic acids is 1. The number of esters is 1. The molecule has 2 aromatic carbocycles. The molecule has 0 aliphatic carbocycles. The fourth-order valence-electron chi connectivity index (χ4n) is 2.23. The Morgan fingerprint density at radius 1 is 1.22 bits per heavy atom. The molecule has 0 aromatic heterocycles. The molecule has 1 heterocycles. The lowest BCUT2D eigenvalue weighted by Crippen LogP contribution is -2.16. The van der Waals surface area contributed by atoms with E-state index >= 15 is 0 Å². The normalized spacial score (nSPS) is 12.6. The maximum atomic E-state index is 12.1. The molecule has 120 valence electrons. The molecule has 1 aliphatic heterocycles. The van der Waals surface area contributed by atoms with Gasteiger partial charge in [0.05, 0.1) is 17.7 Å². The minimum absolute atomic E-state index is 0.0897. The average molecular weight is 335 g/mol. The summed E-state index contributed by atoms with van der Waals surface area (Å²) in [4.78, 5) is 12.1. The van der Waals surface area contributed by atoms with E-state index in [-0.39, 0.29) is 6.61 Å². The van der Waals surface area contributed by atoms with Gasteiger partial charge < -0.3 is 18.9 Å². The van der Waals surface area contributed by atoms with Gasteiger partial charge in [-0.1, -0.05) is 17.7 Å². The van der Waals surface area contributed by atoms with Crippen molar-refractivity contribution in [2.24, 2.45) is 0 Å². The summed E-state index contributed by atoms with van der Waals surface area (Å²) in [5.41, 5.74) is 1.16. The van der Waals surface area contributed by atoms with Crippen molar-refractivity contribution in [1.29, 1.82) is 0 Å². The van der Waals surface area contributed by atoms with Crippen molar-refractivity contribution >= 4 is 17.6 Å². The van der Waals surface area contributed by atoms with E-state index in [0.29, 0.717) is 41.0 Å². The topological polar surface area (TPSA) is 54.0 Å². The molecule has 1 aliphatic rings. The van der Waals surface area contributed by atoms with Gasteiger partial charge in [0, 0.05) is 0 Å². The predicted molar refractivity (Wildman–Crippen MR) is 84.6 cm³/mol. The SMILES string of the molecule is COc1cccc(C(=O)OCc2cc(Cl)c3c(c2)OCCO3)c1. The number of fused-ring (bicyclic) bond motifs is 1. The van der Waals surface area contributed by atoms with Crippen molar-refractivity contribution in [1.82, 2.24) is 0 Å². The fourth-order valence-corrected chi connectivity index (χ4v) is 2.52. The molecule has 0 N–H and O–H groups in total. The van der Waals surface area contributed by atoms with Crippen LogP contribution in [0.5, 0.6) is 17.2 Å². The Labute approximate surface area is 138 Å². The first kappa shape index (κ1) is 15.5. The Balaban J connectivity index is 1.70. The van der Waals surface area contributed by atoms with Crippen LogP contribution in [0.25, 0.3) is 0 Å². The molecule has 0 unspecified atom stereocenters. The third-order valence-electron chi connectivity index (χ3n) is 3.33. The highest BCUT2D eigenvalue weighted by Crippen LogP contribution is 2.38. The van der Waals surface area contributed by atoms with Crippen molar-refractivity contribution in [2.45, 2.75) is 6.61 Å². The van der Waals surface area contributed by atoms with Crippen LogP contribution in [0.3, 0.4) is 0 Å². The van der Waals surface area contributed by atoms with E-state index in [1.807, 2.05) is 0 Å². The Bertz CT molecular complexity index is 729. The Morgan fingerprint density at radius 2 is 2.04 bits per heavy atom. The zero-order valence-corrected chi connectivity index (χ0v) is 13.3. The van der Waals surface area contributed by atoms with Crippen LogP contribution in [0.2, 0.25) is 5.02 Å². The first-order chi connectivity index (χ1) is 11.2. The van der Waals surface area contributed by atoms with Crippen molar-refractivity contribution in [3.8, 4) is 17.2 Å². The molecule has 3 rings (SSSR count).